The van der Waals surface area contributed by atoms with Crippen molar-refractivity contribution < 1.29 is 4.74 Å². The molecule has 0 amide bonds. The van der Waals surface area contributed by atoms with Crippen LogP contribution in [0.5, 0.6) is 0 Å². The average Bonchev–Trinajstić information content (AvgIpc) is 2.17. The van der Waals surface area contributed by atoms with Gasteiger partial charge in [-0.3, -0.25) is 0 Å². The first-order chi connectivity index (χ1) is 5.16. The van der Waals surface area contributed by atoms with E-state index in [1.165, 1.54) is 11.3 Å². The molecule has 0 bridgehead atoms. The van der Waals surface area contributed by atoms with Gasteiger partial charge in [0.05, 0.1) is 18.7 Å². The second kappa shape index (κ2) is 3.97. The molecule has 1 heterocycles. The van der Waals surface area contributed by atoms with Crippen molar-refractivity contribution in [1.29, 1.82) is 0 Å². The predicted octanol–water partition coefficient (Wildman–Crippen LogP) is 4.02. The Labute approximate surface area is 83.8 Å². The Bertz CT molecular complexity index is 259. The van der Waals surface area contributed by atoms with Crippen molar-refractivity contribution in [2.75, 3.05) is 0 Å². The summed E-state index contributed by atoms with van der Waals surface area (Å²) in [5.74, 6) is 0. The molecular formula is C6H4Cl3OS. The van der Waals surface area contributed by atoms with Gasteiger partial charge in [0.25, 0.3) is 0 Å². The molecule has 5 heteroatoms. The minimum Gasteiger partial charge on any atom is -0.374 e. The lowest BCUT2D eigenvalue weighted by Gasteiger charge is -1.95. The topological polar surface area (TPSA) is 9.23 Å². The zero-order valence-electron chi connectivity index (χ0n) is 5.36. The number of hydrogen-bond donors (Lipinski definition) is 0. The molecule has 1 nitrogen and oxygen atoms in total. The summed E-state index contributed by atoms with van der Waals surface area (Å²) < 4.78 is 5.68. The normalized spacial score (nSPS) is 10.5. The monoisotopic (exact) mass is 229 g/mol. The highest BCUT2D eigenvalue weighted by atomic mass is 35.5. The first-order valence-electron chi connectivity index (χ1n) is 2.66. The molecule has 0 spiro atoms. The number of thiophene rings is 1. The Hall–Kier alpha value is 0.530. The molecule has 0 aliphatic heterocycles. The van der Waals surface area contributed by atoms with E-state index in [1.54, 1.807) is 0 Å². The van der Waals surface area contributed by atoms with Crippen LogP contribution in [0.3, 0.4) is 0 Å². The third-order valence-electron chi connectivity index (χ3n) is 1.10. The lowest BCUT2D eigenvalue weighted by atomic mass is 10.4. The highest BCUT2D eigenvalue weighted by Crippen LogP contribution is 2.40. The van der Waals surface area contributed by atoms with Crippen molar-refractivity contribution >= 4 is 46.1 Å². The minimum atomic E-state index is 0.293. The maximum absolute atomic E-state index is 5.78. The van der Waals surface area contributed by atoms with Gasteiger partial charge in [0, 0.05) is 5.56 Å². The van der Waals surface area contributed by atoms with E-state index in [-0.39, 0.29) is 0 Å². The maximum Gasteiger partial charge on any atom is 0.113 e. The summed E-state index contributed by atoms with van der Waals surface area (Å²) in [4.78, 5) is 0. The van der Waals surface area contributed by atoms with Gasteiger partial charge in [-0.2, -0.15) is 0 Å². The van der Waals surface area contributed by atoms with E-state index < -0.39 is 0 Å². The standard InChI is InChI=1S/C6H4Cl3OS/c1-10-2-3-4(7)6(9)11-5(3)8/h1-2H2. The van der Waals surface area contributed by atoms with E-state index in [2.05, 4.69) is 11.8 Å². The van der Waals surface area contributed by atoms with Crippen molar-refractivity contribution in [1.82, 2.24) is 0 Å². The Balaban J connectivity index is 3.02. The minimum absolute atomic E-state index is 0.293. The molecule has 1 aromatic heterocycles. The predicted molar refractivity (Wildman–Crippen MR) is 49.5 cm³/mol. The molecule has 0 saturated carbocycles. The van der Waals surface area contributed by atoms with Crippen LogP contribution in [0.4, 0.5) is 0 Å². The van der Waals surface area contributed by atoms with Crippen LogP contribution < -0.4 is 0 Å². The summed E-state index contributed by atoms with van der Waals surface area (Å²) in [7, 11) is 3.22. The van der Waals surface area contributed by atoms with Crippen LogP contribution in [0, 0.1) is 7.11 Å². The van der Waals surface area contributed by atoms with E-state index in [4.69, 9.17) is 34.8 Å². The van der Waals surface area contributed by atoms with Crippen molar-refractivity contribution in [2.45, 2.75) is 6.61 Å². The summed E-state index contributed by atoms with van der Waals surface area (Å²) in [6, 6.07) is 0. The fourth-order valence-corrected chi connectivity index (χ4v) is 2.48. The first-order valence-corrected chi connectivity index (χ1v) is 4.61. The maximum atomic E-state index is 5.78. The molecule has 0 aliphatic carbocycles. The smallest absolute Gasteiger partial charge is 0.113 e. The number of halogens is 3. The van der Waals surface area contributed by atoms with E-state index >= 15 is 0 Å². The summed E-state index contributed by atoms with van der Waals surface area (Å²) in [5.41, 5.74) is 0.707. The van der Waals surface area contributed by atoms with Crippen LogP contribution in [0.25, 0.3) is 0 Å². The zero-order valence-corrected chi connectivity index (χ0v) is 8.45. The van der Waals surface area contributed by atoms with Crippen molar-refractivity contribution in [3.8, 4) is 0 Å². The van der Waals surface area contributed by atoms with Crippen molar-refractivity contribution in [2.24, 2.45) is 0 Å². The van der Waals surface area contributed by atoms with E-state index in [1.807, 2.05) is 0 Å². The molecule has 0 unspecified atom stereocenters. The Kier molecular flexibility index (Phi) is 3.47. The van der Waals surface area contributed by atoms with Gasteiger partial charge in [-0.05, 0) is 0 Å². The lowest BCUT2D eigenvalue weighted by Crippen LogP contribution is -1.83. The molecule has 0 saturated heterocycles. The van der Waals surface area contributed by atoms with E-state index in [9.17, 15) is 0 Å². The fraction of sp³-hybridized carbons (Fsp3) is 0.167. The molecule has 0 atom stereocenters. The van der Waals surface area contributed by atoms with Gasteiger partial charge in [-0.1, -0.05) is 34.8 Å². The number of hydrogen-bond acceptors (Lipinski definition) is 2. The largest absolute Gasteiger partial charge is 0.374 e. The van der Waals surface area contributed by atoms with Gasteiger partial charge in [-0.15, -0.1) is 11.3 Å². The second-order valence-electron chi connectivity index (χ2n) is 1.79. The van der Waals surface area contributed by atoms with Crippen LogP contribution in [-0.2, 0) is 11.3 Å². The molecule has 1 aromatic rings. The van der Waals surface area contributed by atoms with Crippen molar-refractivity contribution in [3.05, 3.63) is 26.4 Å². The third kappa shape index (κ3) is 2.01. The molecule has 1 rings (SSSR count). The SMILES string of the molecule is [CH2]OCc1c(Cl)sc(Cl)c1Cl. The van der Waals surface area contributed by atoms with E-state index in [0.29, 0.717) is 25.9 Å². The molecule has 11 heavy (non-hydrogen) atoms. The molecule has 0 aliphatic rings. The van der Waals surface area contributed by atoms with Gasteiger partial charge in [0.2, 0.25) is 0 Å². The molecule has 0 fully saturated rings. The lowest BCUT2D eigenvalue weighted by molar-refractivity contribution is 0.229. The number of rotatable bonds is 2. The molecule has 0 aromatic carbocycles. The van der Waals surface area contributed by atoms with Gasteiger partial charge in [0.1, 0.15) is 8.67 Å². The van der Waals surface area contributed by atoms with Crippen LogP contribution in [0.15, 0.2) is 0 Å². The van der Waals surface area contributed by atoms with Crippen LogP contribution in [-0.4, -0.2) is 0 Å². The van der Waals surface area contributed by atoms with Crippen LogP contribution in [0.1, 0.15) is 5.56 Å². The number of ether oxygens (including phenoxy) is 1. The van der Waals surface area contributed by atoms with Crippen molar-refractivity contribution in [3.63, 3.8) is 0 Å². The Morgan fingerprint density at radius 2 is 1.91 bits per heavy atom. The van der Waals surface area contributed by atoms with Gasteiger partial charge in [-0.25, -0.2) is 0 Å². The first kappa shape index (κ1) is 9.62. The summed E-state index contributed by atoms with van der Waals surface area (Å²) in [6.07, 6.45) is 0. The highest BCUT2D eigenvalue weighted by Gasteiger charge is 2.12. The summed E-state index contributed by atoms with van der Waals surface area (Å²) >= 11 is 18.5. The van der Waals surface area contributed by atoms with Crippen LogP contribution >= 0.6 is 46.1 Å². The quantitative estimate of drug-likeness (QED) is 0.746. The fourth-order valence-electron chi connectivity index (χ4n) is 0.612. The van der Waals surface area contributed by atoms with Gasteiger partial charge >= 0.3 is 0 Å². The third-order valence-corrected chi connectivity index (χ3v) is 3.42. The molecule has 61 valence electrons. The Morgan fingerprint density at radius 3 is 2.27 bits per heavy atom. The Morgan fingerprint density at radius 1 is 1.27 bits per heavy atom. The highest BCUT2D eigenvalue weighted by molar-refractivity contribution is 7.20. The summed E-state index contributed by atoms with van der Waals surface area (Å²) in [6.45, 7) is 0.293. The van der Waals surface area contributed by atoms with Gasteiger partial charge in [0.15, 0.2) is 0 Å². The molecule has 1 radical (unpaired) electrons. The molecular weight excluding hydrogens is 226 g/mol. The average molecular weight is 231 g/mol. The summed E-state index contributed by atoms with van der Waals surface area (Å²) in [5, 5.41) is 0.463. The van der Waals surface area contributed by atoms with E-state index in [0.717, 1.165) is 0 Å². The van der Waals surface area contributed by atoms with Crippen LogP contribution in [0.2, 0.25) is 13.7 Å². The zero-order chi connectivity index (χ0) is 8.43. The van der Waals surface area contributed by atoms with Gasteiger partial charge < -0.3 is 4.74 Å². The molecule has 0 N–H and O–H groups in total. The second-order valence-corrected chi connectivity index (χ2v) is 4.39.